The zero-order chi connectivity index (χ0) is 53.6. The second-order valence-corrected chi connectivity index (χ2v) is 14.0. The Kier molecular flexibility index (Phi) is 7.00. The minimum absolute atomic E-state index is 0.0749. The Morgan fingerprint density at radius 1 is 0.576 bits per heavy atom. The van der Waals surface area contributed by atoms with Gasteiger partial charge in [-0.2, -0.15) is 0 Å². The maximum Gasteiger partial charge on any atom is 0.144 e. The van der Waals surface area contributed by atoms with Crippen molar-refractivity contribution in [1.82, 2.24) is 15.0 Å². The summed E-state index contributed by atoms with van der Waals surface area (Å²) in [7, 11) is 0. The van der Waals surface area contributed by atoms with Gasteiger partial charge in [-0.15, -0.1) is 0 Å². The van der Waals surface area contributed by atoms with Crippen LogP contribution in [0, 0.1) is 5.82 Å². The first-order valence-corrected chi connectivity index (χ1v) is 18.9. The summed E-state index contributed by atoms with van der Waals surface area (Å²) in [6.45, 7) is 3.01. The van der Waals surface area contributed by atoms with Gasteiger partial charge in [0.2, 0.25) is 0 Å². The zero-order valence-corrected chi connectivity index (χ0v) is 32.1. The van der Waals surface area contributed by atoms with Crippen LogP contribution in [0.15, 0.2) is 169 Å². The first-order chi connectivity index (χ1) is 34.6. The standard InChI is InChI=1S/C54H46FN3O/c1-36(2)49-32-52(43-12-7-4-8-13-43)58-35-44(49)23-20-41-29-39(18-16-37-21-26-50(56-33-37)42-10-5-3-6-11-42)28-40(30-41)19-17-38-22-27-51(57-34-38)48-15-9-14-47-46-25-24-45(55)31-53(46)59-54(47)48/h3-15,21-22,24-36H,16-20,23H2,1-2H3/i16D2,17D2,18D2,19D2,20D2,23D2,24D,31D,36D. The fraction of sp³-hybridized carbons (Fsp3) is 0.167. The van der Waals surface area contributed by atoms with E-state index in [9.17, 15) is 20.8 Å². The summed E-state index contributed by atoms with van der Waals surface area (Å²) in [5, 5.41) is 0.786. The highest BCUT2D eigenvalue weighted by atomic mass is 19.1. The number of hydrogen-bond acceptors (Lipinski definition) is 4. The van der Waals surface area contributed by atoms with E-state index in [-0.39, 0.29) is 39.1 Å². The highest BCUT2D eigenvalue weighted by Crippen LogP contribution is 2.35. The van der Waals surface area contributed by atoms with Crippen molar-refractivity contribution in [3.63, 3.8) is 0 Å². The molecule has 0 spiro atoms. The largest absolute Gasteiger partial charge is 0.455 e. The number of fused-ring (bicyclic) bond motifs is 3. The van der Waals surface area contributed by atoms with E-state index in [1.165, 1.54) is 56.4 Å². The van der Waals surface area contributed by atoms with Crippen LogP contribution in [-0.2, 0) is 38.2 Å². The Morgan fingerprint density at radius 3 is 1.76 bits per heavy atom. The molecule has 0 saturated heterocycles. The molecule has 0 saturated carbocycles. The summed E-state index contributed by atoms with van der Waals surface area (Å²) in [5.41, 5.74) is 0.170. The van der Waals surface area contributed by atoms with Gasteiger partial charge in [-0.05, 0) is 119 Å². The number of furan rings is 1. The van der Waals surface area contributed by atoms with E-state index in [4.69, 9.17) is 8.53 Å². The van der Waals surface area contributed by atoms with Crippen molar-refractivity contribution in [2.75, 3.05) is 0 Å². The molecule has 5 aromatic carbocycles. The van der Waals surface area contributed by atoms with E-state index in [0.29, 0.717) is 38.9 Å². The average Bonchev–Trinajstić information content (AvgIpc) is 3.76. The first-order valence-electron chi connectivity index (χ1n) is 26.4. The minimum Gasteiger partial charge on any atom is -0.455 e. The Hall–Kier alpha value is -6.72. The van der Waals surface area contributed by atoms with Crippen LogP contribution in [0.2, 0.25) is 0 Å². The summed E-state index contributed by atoms with van der Waals surface area (Å²) in [6, 6.07) is 32.8. The molecular formula is C54H46FN3O. The molecule has 290 valence electrons. The van der Waals surface area contributed by atoms with Crippen LogP contribution >= 0.6 is 0 Å². The Bertz CT molecular complexity index is 3580. The van der Waals surface area contributed by atoms with Crippen molar-refractivity contribution < 1.29 is 29.4 Å². The summed E-state index contributed by atoms with van der Waals surface area (Å²) >= 11 is 0. The lowest BCUT2D eigenvalue weighted by atomic mass is 9.91. The van der Waals surface area contributed by atoms with Crippen LogP contribution in [-0.4, -0.2) is 15.0 Å². The van der Waals surface area contributed by atoms with Crippen molar-refractivity contribution in [2.24, 2.45) is 0 Å². The minimum atomic E-state index is -3.23. The van der Waals surface area contributed by atoms with Gasteiger partial charge in [-0.25, -0.2) is 4.39 Å². The molecule has 0 aliphatic carbocycles. The SMILES string of the molecule is [2H]c1cc2c(oc3c(-c4ccc(C([2H])([2H])C([2H])([2H])c5cc(C([2H])([2H])C([2H])([2H])c6ccc(-c7ccccc7)nc6)cc(C([2H])([2H])C([2H])([2H])c6cnc(-c7ccccc7)cc6C([2H])(C)C)c5)cn4)cccc32)c([2H])c1F. The van der Waals surface area contributed by atoms with Crippen LogP contribution in [0.5, 0.6) is 0 Å². The summed E-state index contributed by atoms with van der Waals surface area (Å²) < 4.78 is 159. The van der Waals surface area contributed by atoms with E-state index < -0.39 is 78.7 Å². The van der Waals surface area contributed by atoms with E-state index >= 15 is 0 Å². The third-order valence-electron chi connectivity index (χ3n) is 9.68. The van der Waals surface area contributed by atoms with Crippen LogP contribution in [0.4, 0.5) is 4.39 Å². The maximum atomic E-state index is 14.6. The Morgan fingerprint density at radius 2 is 1.15 bits per heavy atom. The average molecular weight is 787 g/mol. The molecule has 0 radical (unpaired) electrons. The van der Waals surface area contributed by atoms with Gasteiger partial charge in [0.25, 0.3) is 0 Å². The number of hydrogen-bond donors (Lipinski definition) is 0. The van der Waals surface area contributed by atoms with E-state index in [1.807, 2.05) is 6.07 Å². The second-order valence-electron chi connectivity index (χ2n) is 14.0. The number of benzene rings is 5. The van der Waals surface area contributed by atoms with Crippen molar-refractivity contribution in [2.45, 2.75) is 58.0 Å². The molecule has 0 unspecified atom stereocenters. The lowest BCUT2D eigenvalue weighted by Crippen LogP contribution is -2.03. The molecule has 9 aromatic rings. The Balaban J connectivity index is 1.16. The van der Waals surface area contributed by atoms with Gasteiger partial charge in [0.1, 0.15) is 17.0 Å². The molecule has 0 bridgehead atoms. The molecule has 4 aromatic heterocycles. The summed E-state index contributed by atoms with van der Waals surface area (Å²) in [6.07, 6.45) is -15.3. The molecular weight excluding hydrogens is 726 g/mol. The molecule has 59 heavy (non-hydrogen) atoms. The van der Waals surface area contributed by atoms with Crippen LogP contribution < -0.4 is 0 Å². The molecule has 4 nitrogen and oxygen atoms in total. The number of para-hydroxylation sites is 1. The quantitative estimate of drug-likeness (QED) is 0.117. The van der Waals surface area contributed by atoms with Gasteiger partial charge >= 0.3 is 0 Å². The van der Waals surface area contributed by atoms with Crippen LogP contribution in [0.3, 0.4) is 0 Å². The Labute approximate surface area is 366 Å². The monoisotopic (exact) mass is 786 g/mol. The van der Waals surface area contributed by atoms with Gasteiger partial charge in [-0.3, -0.25) is 15.0 Å². The number of pyridine rings is 3. The maximum absolute atomic E-state index is 14.6. The van der Waals surface area contributed by atoms with E-state index in [2.05, 4.69) is 15.0 Å². The third-order valence-corrected chi connectivity index (χ3v) is 9.68. The van der Waals surface area contributed by atoms with Crippen molar-refractivity contribution in [1.29, 1.82) is 0 Å². The van der Waals surface area contributed by atoms with Gasteiger partial charge in [0, 0.05) is 69.9 Å². The summed E-state index contributed by atoms with van der Waals surface area (Å²) in [5.74, 6) is -2.58. The lowest BCUT2D eigenvalue weighted by Gasteiger charge is -2.15. The molecule has 9 rings (SSSR count). The van der Waals surface area contributed by atoms with Crippen molar-refractivity contribution in [3.05, 3.63) is 209 Å². The molecule has 4 heterocycles. The van der Waals surface area contributed by atoms with Crippen molar-refractivity contribution in [3.8, 4) is 33.8 Å². The molecule has 0 aliphatic heterocycles. The van der Waals surface area contributed by atoms with Crippen LogP contribution in [0.25, 0.3) is 55.7 Å². The number of aryl methyl sites for hydroxylation is 6. The van der Waals surface area contributed by atoms with Crippen molar-refractivity contribution >= 4 is 21.9 Å². The predicted octanol–water partition coefficient (Wildman–Crippen LogP) is 13.4. The number of aromatic nitrogens is 3. The highest BCUT2D eigenvalue weighted by Gasteiger charge is 2.15. The normalized spacial score (nSPS) is 16.9. The van der Waals surface area contributed by atoms with E-state index in [1.54, 1.807) is 72.8 Å². The fourth-order valence-corrected chi connectivity index (χ4v) is 6.73. The van der Waals surface area contributed by atoms with Gasteiger partial charge in [0.05, 0.1) is 19.8 Å². The molecule has 0 N–H and O–H groups in total. The first kappa shape index (κ1) is 24.3. The molecule has 0 fully saturated rings. The summed E-state index contributed by atoms with van der Waals surface area (Å²) in [4.78, 5) is 13.3. The fourth-order valence-electron chi connectivity index (χ4n) is 6.73. The second kappa shape index (κ2) is 17.0. The van der Waals surface area contributed by atoms with Gasteiger partial charge in [-0.1, -0.05) is 117 Å². The molecule has 0 atom stereocenters. The highest BCUT2D eigenvalue weighted by molar-refractivity contribution is 6.09. The smallest absolute Gasteiger partial charge is 0.144 e. The number of halogens is 1. The predicted molar refractivity (Wildman–Crippen MR) is 239 cm³/mol. The van der Waals surface area contributed by atoms with E-state index in [0.717, 1.165) is 30.6 Å². The zero-order valence-electron chi connectivity index (χ0n) is 47.1. The molecule has 5 heteroatoms. The molecule has 0 aliphatic rings. The van der Waals surface area contributed by atoms with Gasteiger partial charge < -0.3 is 4.42 Å². The number of rotatable bonds is 13. The van der Waals surface area contributed by atoms with Crippen LogP contribution in [0.1, 0.15) is 79.2 Å². The third kappa shape index (κ3) is 8.61. The van der Waals surface area contributed by atoms with Gasteiger partial charge in [0.15, 0.2) is 0 Å². The topological polar surface area (TPSA) is 51.8 Å². The lowest BCUT2D eigenvalue weighted by molar-refractivity contribution is 0.618. The number of nitrogens with zero attached hydrogens (tertiary/aromatic N) is 3. The molecule has 0 amide bonds.